The molecule has 7 nitrogen and oxygen atoms in total. The van der Waals surface area contributed by atoms with Crippen LogP contribution in [0.4, 0.5) is 5.69 Å². The Balaban J connectivity index is 1.70. The Kier molecular flexibility index (Phi) is 4.18. The molecule has 23 heavy (non-hydrogen) atoms. The van der Waals surface area contributed by atoms with Gasteiger partial charge in [0.25, 0.3) is 5.91 Å². The Morgan fingerprint density at radius 1 is 1.26 bits per heavy atom. The molecule has 0 bridgehead atoms. The number of ether oxygens (including phenoxy) is 1. The molecule has 0 aliphatic carbocycles. The Morgan fingerprint density at radius 3 is 2.61 bits per heavy atom. The first-order valence-corrected chi connectivity index (χ1v) is 7.66. The smallest absolute Gasteiger partial charge is 0.259 e. The highest BCUT2D eigenvalue weighted by Gasteiger charge is 2.26. The highest BCUT2D eigenvalue weighted by atomic mass is 16.5. The van der Waals surface area contributed by atoms with E-state index in [1.54, 1.807) is 18.3 Å². The summed E-state index contributed by atoms with van der Waals surface area (Å²) in [6, 6.07) is 3.51. The van der Waals surface area contributed by atoms with Crippen LogP contribution in [-0.4, -0.2) is 59.3 Å². The number of hydrogen-bond donors (Lipinski definition) is 1. The lowest BCUT2D eigenvalue weighted by atomic mass is 10.2. The molecule has 7 heteroatoms. The topological polar surface area (TPSA) is 74.3 Å². The van der Waals surface area contributed by atoms with Crippen LogP contribution in [0.25, 0.3) is 0 Å². The molecule has 0 spiro atoms. The van der Waals surface area contributed by atoms with Crippen LogP contribution in [-0.2, 0) is 0 Å². The lowest BCUT2D eigenvalue weighted by molar-refractivity contribution is 0.0742. The largest absolute Gasteiger partial charge is 0.480 e. The lowest BCUT2D eigenvalue weighted by Gasteiger charge is -2.36. The van der Waals surface area contributed by atoms with Crippen molar-refractivity contribution in [2.45, 2.75) is 13.8 Å². The number of methoxy groups -OCH3 is 1. The van der Waals surface area contributed by atoms with E-state index in [9.17, 15) is 4.79 Å². The minimum absolute atomic E-state index is 0.0322. The van der Waals surface area contributed by atoms with Gasteiger partial charge >= 0.3 is 0 Å². The van der Waals surface area contributed by atoms with E-state index in [-0.39, 0.29) is 5.91 Å². The maximum absolute atomic E-state index is 12.7. The van der Waals surface area contributed by atoms with Gasteiger partial charge in [0.2, 0.25) is 5.88 Å². The van der Waals surface area contributed by atoms with Gasteiger partial charge in [0.05, 0.1) is 24.2 Å². The summed E-state index contributed by atoms with van der Waals surface area (Å²) in [7, 11) is 1.53. The zero-order valence-corrected chi connectivity index (χ0v) is 13.7. The summed E-state index contributed by atoms with van der Waals surface area (Å²) >= 11 is 0. The third-order valence-electron chi connectivity index (χ3n) is 4.17. The fourth-order valence-electron chi connectivity index (χ4n) is 3.03. The summed E-state index contributed by atoms with van der Waals surface area (Å²) in [6.07, 6.45) is 1.62. The molecular formula is C16H21N5O2. The molecule has 1 N–H and O–H groups in total. The Bertz CT molecular complexity index is 685. The van der Waals surface area contributed by atoms with Crippen molar-refractivity contribution in [3.05, 3.63) is 35.3 Å². The van der Waals surface area contributed by atoms with Gasteiger partial charge in [-0.1, -0.05) is 0 Å². The van der Waals surface area contributed by atoms with Crippen molar-refractivity contribution in [2.75, 3.05) is 38.2 Å². The molecule has 122 valence electrons. The number of hydrogen-bond acceptors (Lipinski definition) is 5. The van der Waals surface area contributed by atoms with Crippen LogP contribution in [0.5, 0.6) is 5.88 Å². The first kappa shape index (κ1) is 15.3. The monoisotopic (exact) mass is 315 g/mol. The summed E-state index contributed by atoms with van der Waals surface area (Å²) in [4.78, 5) is 20.9. The van der Waals surface area contributed by atoms with Gasteiger partial charge in [0.1, 0.15) is 5.56 Å². The number of nitrogens with one attached hydrogen (secondary N) is 1. The first-order chi connectivity index (χ1) is 11.1. The second kappa shape index (κ2) is 6.28. The number of aromatic nitrogens is 3. The standard InChI is InChI=1S/C16H21N5O2/c1-11-14(12(2)19-18-11)20-7-9-21(10-8-20)16(22)13-5-4-6-17-15(13)23-3/h4-6H,7-10H2,1-3H3,(H,18,19). The molecule has 1 aliphatic rings. The van der Waals surface area contributed by atoms with Crippen molar-refractivity contribution in [3.8, 4) is 5.88 Å². The number of pyridine rings is 1. The number of aromatic amines is 1. The molecule has 0 aromatic carbocycles. The lowest BCUT2D eigenvalue weighted by Crippen LogP contribution is -2.49. The number of amides is 1. The van der Waals surface area contributed by atoms with Crippen LogP contribution < -0.4 is 9.64 Å². The SMILES string of the molecule is COc1ncccc1C(=O)N1CCN(c2c(C)n[nH]c2C)CC1. The van der Waals surface area contributed by atoms with E-state index in [1.807, 2.05) is 18.7 Å². The van der Waals surface area contributed by atoms with Crippen LogP contribution in [0.1, 0.15) is 21.7 Å². The van der Waals surface area contributed by atoms with E-state index >= 15 is 0 Å². The van der Waals surface area contributed by atoms with Gasteiger partial charge < -0.3 is 14.5 Å². The number of aryl methyl sites for hydroxylation is 2. The fourth-order valence-corrected chi connectivity index (χ4v) is 3.03. The first-order valence-electron chi connectivity index (χ1n) is 7.66. The van der Waals surface area contributed by atoms with Gasteiger partial charge in [0.15, 0.2) is 0 Å². The molecule has 1 fully saturated rings. The van der Waals surface area contributed by atoms with Crippen LogP contribution in [0.3, 0.4) is 0 Å². The second-order valence-corrected chi connectivity index (χ2v) is 5.62. The predicted octanol–water partition coefficient (Wildman–Crippen LogP) is 1.39. The minimum Gasteiger partial charge on any atom is -0.480 e. The average molecular weight is 315 g/mol. The third kappa shape index (κ3) is 2.86. The van der Waals surface area contributed by atoms with E-state index in [1.165, 1.54) is 7.11 Å². The number of rotatable bonds is 3. The molecule has 0 unspecified atom stereocenters. The molecule has 2 aromatic heterocycles. The van der Waals surface area contributed by atoms with Gasteiger partial charge in [-0.05, 0) is 26.0 Å². The van der Waals surface area contributed by atoms with E-state index in [4.69, 9.17) is 4.74 Å². The van der Waals surface area contributed by atoms with E-state index < -0.39 is 0 Å². The zero-order valence-electron chi connectivity index (χ0n) is 13.7. The maximum Gasteiger partial charge on any atom is 0.259 e. The molecule has 1 saturated heterocycles. The van der Waals surface area contributed by atoms with Crippen molar-refractivity contribution >= 4 is 11.6 Å². The quantitative estimate of drug-likeness (QED) is 0.926. The number of H-pyrrole nitrogens is 1. The molecule has 0 radical (unpaired) electrons. The van der Waals surface area contributed by atoms with Crippen LogP contribution >= 0.6 is 0 Å². The number of nitrogens with zero attached hydrogens (tertiary/aromatic N) is 4. The Hall–Kier alpha value is -2.57. The molecule has 3 heterocycles. The summed E-state index contributed by atoms with van der Waals surface area (Å²) in [5, 5.41) is 7.26. The summed E-state index contributed by atoms with van der Waals surface area (Å²) in [6.45, 7) is 6.93. The molecule has 1 aliphatic heterocycles. The molecular weight excluding hydrogens is 294 g/mol. The maximum atomic E-state index is 12.7. The fraction of sp³-hybridized carbons (Fsp3) is 0.438. The van der Waals surface area contributed by atoms with Crippen molar-refractivity contribution in [3.63, 3.8) is 0 Å². The number of anilines is 1. The van der Waals surface area contributed by atoms with Crippen molar-refractivity contribution in [1.29, 1.82) is 0 Å². The summed E-state index contributed by atoms with van der Waals surface area (Å²) < 4.78 is 5.19. The predicted molar refractivity (Wildman–Crippen MR) is 87.0 cm³/mol. The normalized spacial score (nSPS) is 14.9. The second-order valence-electron chi connectivity index (χ2n) is 5.62. The van der Waals surface area contributed by atoms with Gasteiger partial charge in [-0.25, -0.2) is 4.98 Å². The van der Waals surface area contributed by atoms with Crippen molar-refractivity contribution in [2.24, 2.45) is 0 Å². The number of carbonyl (C=O) groups is 1. The van der Waals surface area contributed by atoms with E-state index in [2.05, 4.69) is 20.1 Å². The third-order valence-corrected chi connectivity index (χ3v) is 4.17. The zero-order chi connectivity index (χ0) is 16.4. The molecule has 1 amide bonds. The molecule has 2 aromatic rings. The minimum atomic E-state index is -0.0322. The highest BCUT2D eigenvalue weighted by molar-refractivity contribution is 5.96. The van der Waals surface area contributed by atoms with E-state index in [0.29, 0.717) is 24.5 Å². The van der Waals surface area contributed by atoms with Gasteiger partial charge in [-0.15, -0.1) is 0 Å². The summed E-state index contributed by atoms with van der Waals surface area (Å²) in [5.74, 6) is 0.344. The van der Waals surface area contributed by atoms with Gasteiger partial charge in [0, 0.05) is 32.4 Å². The van der Waals surface area contributed by atoms with Gasteiger partial charge in [-0.3, -0.25) is 9.89 Å². The van der Waals surface area contributed by atoms with E-state index in [0.717, 1.165) is 30.2 Å². The molecule has 0 atom stereocenters. The van der Waals surface area contributed by atoms with Crippen molar-refractivity contribution in [1.82, 2.24) is 20.1 Å². The number of piperazine rings is 1. The Labute approximate surface area is 135 Å². The van der Waals surface area contributed by atoms with Crippen LogP contribution in [0.2, 0.25) is 0 Å². The summed E-state index contributed by atoms with van der Waals surface area (Å²) in [5.41, 5.74) is 3.72. The molecule has 3 rings (SSSR count). The van der Waals surface area contributed by atoms with Crippen molar-refractivity contribution < 1.29 is 9.53 Å². The van der Waals surface area contributed by atoms with Crippen LogP contribution in [0, 0.1) is 13.8 Å². The van der Waals surface area contributed by atoms with Gasteiger partial charge in [-0.2, -0.15) is 5.10 Å². The molecule has 0 saturated carbocycles. The number of carbonyl (C=O) groups excluding carboxylic acids is 1. The Morgan fingerprint density at radius 2 is 2.00 bits per heavy atom. The van der Waals surface area contributed by atoms with Crippen LogP contribution in [0.15, 0.2) is 18.3 Å². The highest BCUT2D eigenvalue weighted by Crippen LogP contribution is 2.24. The average Bonchev–Trinajstić information content (AvgIpc) is 2.93.